The highest BCUT2D eigenvalue weighted by atomic mass is 79.9. The quantitative estimate of drug-likeness (QED) is 0.841. The second kappa shape index (κ2) is 6.57. The Morgan fingerprint density at radius 3 is 2.60 bits per heavy atom. The maximum Gasteiger partial charge on any atom is 0.146 e. The van der Waals surface area contributed by atoms with Gasteiger partial charge >= 0.3 is 0 Å². The molecule has 0 aliphatic heterocycles. The van der Waals surface area contributed by atoms with Gasteiger partial charge in [0, 0.05) is 10.5 Å². The molecule has 2 aromatic carbocycles. The van der Waals surface area contributed by atoms with Crippen LogP contribution in [0.25, 0.3) is 0 Å². The van der Waals surface area contributed by atoms with Crippen LogP contribution in [-0.2, 0) is 6.42 Å². The smallest absolute Gasteiger partial charge is 0.146 e. The summed E-state index contributed by atoms with van der Waals surface area (Å²) in [5.41, 5.74) is 6.50. The van der Waals surface area contributed by atoms with Crippen molar-refractivity contribution in [1.82, 2.24) is 0 Å². The van der Waals surface area contributed by atoms with Gasteiger partial charge in [-0.05, 0) is 55.3 Å². The largest absolute Gasteiger partial charge is 0.456 e. The lowest BCUT2D eigenvalue weighted by Crippen LogP contribution is -2.18. The molecule has 20 heavy (non-hydrogen) atoms. The average molecular weight is 359 g/mol. The highest BCUT2D eigenvalue weighted by Gasteiger charge is 2.11. The second-order valence-electron chi connectivity index (χ2n) is 4.61. The van der Waals surface area contributed by atoms with Gasteiger partial charge in [0.15, 0.2) is 0 Å². The molecule has 0 aliphatic rings. The number of halogens is 3. The van der Waals surface area contributed by atoms with Crippen molar-refractivity contribution in [3.05, 3.63) is 57.3 Å². The van der Waals surface area contributed by atoms with Crippen molar-refractivity contribution >= 4 is 27.5 Å². The van der Waals surface area contributed by atoms with Gasteiger partial charge in [-0.1, -0.05) is 27.5 Å². The number of rotatable bonds is 4. The molecule has 0 saturated heterocycles. The summed E-state index contributed by atoms with van der Waals surface area (Å²) >= 11 is 9.45. The predicted octanol–water partition coefficient (Wildman–Crippen LogP) is 4.92. The van der Waals surface area contributed by atoms with Gasteiger partial charge in [0.25, 0.3) is 0 Å². The zero-order valence-electron chi connectivity index (χ0n) is 10.9. The Balaban J connectivity index is 2.32. The second-order valence-corrected chi connectivity index (χ2v) is 5.93. The molecule has 0 heterocycles. The molecule has 2 nitrogen and oxygen atoms in total. The molecule has 2 aromatic rings. The first-order valence-corrected chi connectivity index (χ1v) is 7.29. The fraction of sp³-hybridized carbons (Fsp3) is 0.200. The molecule has 0 fully saturated rings. The van der Waals surface area contributed by atoms with E-state index in [2.05, 4.69) is 15.9 Å². The molecule has 2 N–H and O–H groups in total. The number of benzene rings is 2. The molecule has 0 amide bonds. The van der Waals surface area contributed by atoms with E-state index in [4.69, 9.17) is 22.1 Å². The molecule has 1 unspecified atom stereocenters. The summed E-state index contributed by atoms with van der Waals surface area (Å²) in [7, 11) is 0. The van der Waals surface area contributed by atoms with Gasteiger partial charge in [-0.15, -0.1) is 0 Å². The van der Waals surface area contributed by atoms with Gasteiger partial charge < -0.3 is 10.5 Å². The van der Waals surface area contributed by atoms with Crippen LogP contribution in [0.1, 0.15) is 12.5 Å². The van der Waals surface area contributed by atoms with Crippen LogP contribution in [0.5, 0.6) is 11.5 Å². The molecule has 0 aromatic heterocycles. The maximum atomic E-state index is 13.3. The summed E-state index contributed by atoms with van der Waals surface area (Å²) in [6.45, 7) is 1.86. The van der Waals surface area contributed by atoms with Crippen LogP contribution in [-0.4, -0.2) is 6.04 Å². The Bertz CT molecular complexity index is 619. The van der Waals surface area contributed by atoms with E-state index in [1.54, 1.807) is 18.2 Å². The van der Waals surface area contributed by atoms with Crippen LogP contribution in [0, 0.1) is 5.82 Å². The zero-order valence-corrected chi connectivity index (χ0v) is 13.2. The van der Waals surface area contributed by atoms with Crippen LogP contribution in [0.4, 0.5) is 4.39 Å². The third-order valence-electron chi connectivity index (χ3n) is 2.68. The Kier molecular flexibility index (Phi) is 5.02. The Morgan fingerprint density at radius 1 is 1.25 bits per heavy atom. The normalized spacial score (nSPS) is 12.2. The molecule has 0 aliphatic carbocycles. The highest BCUT2D eigenvalue weighted by Crippen LogP contribution is 2.33. The van der Waals surface area contributed by atoms with Crippen molar-refractivity contribution in [3.8, 4) is 11.5 Å². The fourth-order valence-corrected chi connectivity index (χ4v) is 2.54. The van der Waals surface area contributed by atoms with E-state index in [-0.39, 0.29) is 11.9 Å². The van der Waals surface area contributed by atoms with Gasteiger partial charge in [-0.2, -0.15) is 0 Å². The predicted molar refractivity (Wildman–Crippen MR) is 83.0 cm³/mol. The summed E-state index contributed by atoms with van der Waals surface area (Å²) in [6, 6.07) is 9.62. The minimum Gasteiger partial charge on any atom is -0.456 e. The SMILES string of the molecule is CC(N)Cc1cc(F)ccc1Oc1ccc(Br)cc1Cl. The van der Waals surface area contributed by atoms with E-state index in [1.807, 2.05) is 13.0 Å². The van der Waals surface area contributed by atoms with Gasteiger partial charge in [-0.25, -0.2) is 4.39 Å². The van der Waals surface area contributed by atoms with Crippen molar-refractivity contribution in [2.45, 2.75) is 19.4 Å². The van der Waals surface area contributed by atoms with E-state index in [0.29, 0.717) is 22.9 Å². The first-order chi connectivity index (χ1) is 9.45. The third-order valence-corrected chi connectivity index (χ3v) is 3.47. The number of hydrogen-bond acceptors (Lipinski definition) is 2. The van der Waals surface area contributed by atoms with Crippen LogP contribution in [0.15, 0.2) is 40.9 Å². The van der Waals surface area contributed by atoms with E-state index < -0.39 is 0 Å². The van der Waals surface area contributed by atoms with Crippen LogP contribution in [0.2, 0.25) is 5.02 Å². The average Bonchev–Trinajstić information content (AvgIpc) is 2.34. The van der Waals surface area contributed by atoms with Gasteiger partial charge in [0.1, 0.15) is 17.3 Å². The van der Waals surface area contributed by atoms with Crippen LogP contribution >= 0.6 is 27.5 Å². The lowest BCUT2D eigenvalue weighted by Gasteiger charge is -2.14. The Labute approximate surface area is 130 Å². The van der Waals surface area contributed by atoms with E-state index in [1.165, 1.54) is 12.1 Å². The summed E-state index contributed by atoms with van der Waals surface area (Å²) < 4.78 is 20.0. The molecule has 2 rings (SSSR count). The Morgan fingerprint density at radius 2 is 1.95 bits per heavy atom. The maximum absolute atomic E-state index is 13.3. The van der Waals surface area contributed by atoms with Gasteiger partial charge in [-0.3, -0.25) is 0 Å². The lowest BCUT2D eigenvalue weighted by molar-refractivity contribution is 0.471. The van der Waals surface area contributed by atoms with Crippen LogP contribution in [0.3, 0.4) is 0 Å². The summed E-state index contributed by atoms with van der Waals surface area (Å²) in [5, 5.41) is 0.482. The van der Waals surface area contributed by atoms with Crippen LogP contribution < -0.4 is 10.5 Å². The summed E-state index contributed by atoms with van der Waals surface area (Å²) in [5.74, 6) is 0.773. The number of nitrogens with two attached hydrogens (primary N) is 1. The minimum atomic E-state index is -0.310. The molecule has 0 bridgehead atoms. The van der Waals surface area contributed by atoms with E-state index in [0.717, 1.165) is 10.0 Å². The first kappa shape index (κ1) is 15.3. The lowest BCUT2D eigenvalue weighted by atomic mass is 10.1. The first-order valence-electron chi connectivity index (χ1n) is 6.12. The molecular formula is C15H14BrClFNO. The third kappa shape index (κ3) is 3.95. The Hall–Kier alpha value is -1.10. The van der Waals surface area contributed by atoms with Gasteiger partial charge in [0.2, 0.25) is 0 Å². The minimum absolute atomic E-state index is 0.0838. The molecule has 5 heteroatoms. The topological polar surface area (TPSA) is 35.2 Å². The van der Waals surface area contributed by atoms with Crippen molar-refractivity contribution < 1.29 is 9.13 Å². The highest BCUT2D eigenvalue weighted by molar-refractivity contribution is 9.10. The molecule has 1 atom stereocenters. The number of ether oxygens (including phenoxy) is 1. The standard InChI is InChI=1S/C15H14BrClFNO/c1-9(19)6-10-7-12(18)3-5-14(10)20-15-4-2-11(16)8-13(15)17/h2-5,7-9H,6,19H2,1H3. The summed E-state index contributed by atoms with van der Waals surface area (Å²) in [4.78, 5) is 0. The molecule has 0 radical (unpaired) electrons. The zero-order chi connectivity index (χ0) is 14.7. The van der Waals surface area contributed by atoms with Crippen molar-refractivity contribution in [3.63, 3.8) is 0 Å². The van der Waals surface area contributed by atoms with Crippen molar-refractivity contribution in [1.29, 1.82) is 0 Å². The van der Waals surface area contributed by atoms with E-state index in [9.17, 15) is 4.39 Å². The molecule has 0 spiro atoms. The molecular weight excluding hydrogens is 345 g/mol. The van der Waals surface area contributed by atoms with Gasteiger partial charge in [0.05, 0.1) is 5.02 Å². The molecule has 0 saturated carbocycles. The number of hydrogen-bond donors (Lipinski definition) is 1. The monoisotopic (exact) mass is 357 g/mol. The van der Waals surface area contributed by atoms with E-state index >= 15 is 0 Å². The van der Waals surface area contributed by atoms with Crippen molar-refractivity contribution in [2.75, 3.05) is 0 Å². The summed E-state index contributed by atoms with van der Waals surface area (Å²) in [6.07, 6.45) is 0.529. The molecule has 106 valence electrons. The van der Waals surface area contributed by atoms with Crippen molar-refractivity contribution in [2.24, 2.45) is 5.73 Å². The fourth-order valence-electron chi connectivity index (χ4n) is 1.83.